The summed E-state index contributed by atoms with van der Waals surface area (Å²) >= 11 is 0. The summed E-state index contributed by atoms with van der Waals surface area (Å²) in [5.41, 5.74) is 4.12. The van der Waals surface area contributed by atoms with Crippen molar-refractivity contribution in [2.24, 2.45) is 0 Å². The molecule has 0 spiro atoms. The average Bonchev–Trinajstić information content (AvgIpc) is 2.27. The number of carbonyl (C=O) groups excluding carboxylic acids is 1. The van der Waals surface area contributed by atoms with Crippen molar-refractivity contribution in [2.45, 2.75) is 26.2 Å². The molecule has 3 heteroatoms. The van der Waals surface area contributed by atoms with Gasteiger partial charge in [0.1, 0.15) is 0 Å². The Kier molecular flexibility index (Phi) is 4.84. The van der Waals surface area contributed by atoms with Crippen molar-refractivity contribution in [1.29, 1.82) is 0 Å². The standard InChI is InChI=1S/C12H17NO2/c1-3-4-7-10-8-5-6-9-11(10)12(14)13-15-2/h5-6,8-9H,3-4,7H2,1-2H3,(H,13,14). The van der Waals surface area contributed by atoms with Gasteiger partial charge in [-0.05, 0) is 24.5 Å². The monoisotopic (exact) mass is 207 g/mol. The van der Waals surface area contributed by atoms with E-state index in [0.29, 0.717) is 5.56 Å². The number of aryl methyl sites for hydroxylation is 1. The van der Waals surface area contributed by atoms with Gasteiger partial charge in [0.2, 0.25) is 0 Å². The molecule has 0 saturated carbocycles. The minimum atomic E-state index is -0.177. The minimum absolute atomic E-state index is 0.177. The molecule has 0 fully saturated rings. The fourth-order valence-electron chi connectivity index (χ4n) is 1.47. The molecule has 82 valence electrons. The van der Waals surface area contributed by atoms with E-state index in [9.17, 15) is 4.79 Å². The second kappa shape index (κ2) is 6.19. The summed E-state index contributed by atoms with van der Waals surface area (Å²) in [6, 6.07) is 7.62. The van der Waals surface area contributed by atoms with Gasteiger partial charge in [-0.25, -0.2) is 5.48 Å². The highest BCUT2D eigenvalue weighted by Gasteiger charge is 2.09. The van der Waals surface area contributed by atoms with Crippen molar-refractivity contribution in [2.75, 3.05) is 7.11 Å². The predicted octanol–water partition coefficient (Wildman–Crippen LogP) is 2.32. The topological polar surface area (TPSA) is 38.3 Å². The van der Waals surface area contributed by atoms with Gasteiger partial charge in [-0.3, -0.25) is 9.63 Å². The zero-order valence-corrected chi connectivity index (χ0v) is 9.25. The molecule has 3 nitrogen and oxygen atoms in total. The lowest BCUT2D eigenvalue weighted by atomic mass is 10.0. The summed E-state index contributed by atoms with van der Waals surface area (Å²) in [5.74, 6) is -0.177. The van der Waals surface area contributed by atoms with E-state index in [4.69, 9.17) is 0 Å². The lowest BCUT2D eigenvalue weighted by molar-refractivity contribution is 0.0536. The predicted molar refractivity (Wildman–Crippen MR) is 59.5 cm³/mol. The van der Waals surface area contributed by atoms with Crippen molar-refractivity contribution in [3.8, 4) is 0 Å². The zero-order valence-electron chi connectivity index (χ0n) is 9.25. The Hall–Kier alpha value is -1.35. The molecular weight excluding hydrogens is 190 g/mol. The van der Waals surface area contributed by atoms with Crippen LogP contribution in [0, 0.1) is 0 Å². The molecule has 0 aliphatic carbocycles. The fourth-order valence-corrected chi connectivity index (χ4v) is 1.47. The number of hydrogen-bond acceptors (Lipinski definition) is 2. The molecule has 15 heavy (non-hydrogen) atoms. The van der Waals surface area contributed by atoms with Gasteiger partial charge in [-0.15, -0.1) is 0 Å². The third kappa shape index (κ3) is 3.36. The van der Waals surface area contributed by atoms with Crippen LogP contribution in [0.15, 0.2) is 24.3 Å². The highest BCUT2D eigenvalue weighted by atomic mass is 16.6. The number of nitrogens with one attached hydrogen (secondary N) is 1. The second-order valence-corrected chi connectivity index (χ2v) is 3.40. The number of unbranched alkanes of at least 4 members (excludes halogenated alkanes) is 1. The normalized spacial score (nSPS) is 10.0. The van der Waals surface area contributed by atoms with E-state index in [1.54, 1.807) is 0 Å². The zero-order chi connectivity index (χ0) is 11.1. The van der Waals surface area contributed by atoms with E-state index >= 15 is 0 Å². The average molecular weight is 207 g/mol. The first-order chi connectivity index (χ1) is 7.29. The van der Waals surface area contributed by atoms with Gasteiger partial charge in [0.05, 0.1) is 7.11 Å². The SMILES string of the molecule is CCCCc1ccccc1C(=O)NOC. The Morgan fingerprint density at radius 2 is 2.13 bits per heavy atom. The summed E-state index contributed by atoms with van der Waals surface area (Å²) in [4.78, 5) is 16.2. The first kappa shape index (κ1) is 11.7. The summed E-state index contributed by atoms with van der Waals surface area (Å²) in [7, 11) is 1.44. The fraction of sp³-hybridized carbons (Fsp3) is 0.417. The van der Waals surface area contributed by atoms with Crippen molar-refractivity contribution >= 4 is 5.91 Å². The number of hydrogen-bond donors (Lipinski definition) is 1. The van der Waals surface area contributed by atoms with Crippen LogP contribution < -0.4 is 5.48 Å². The van der Waals surface area contributed by atoms with Gasteiger partial charge in [0, 0.05) is 5.56 Å². The van der Waals surface area contributed by atoms with Crippen LogP contribution in [0.1, 0.15) is 35.7 Å². The first-order valence-electron chi connectivity index (χ1n) is 5.20. The molecule has 0 bridgehead atoms. The summed E-state index contributed by atoms with van der Waals surface area (Å²) in [6.45, 7) is 2.14. The molecule has 0 radical (unpaired) electrons. The first-order valence-corrected chi connectivity index (χ1v) is 5.20. The molecule has 0 saturated heterocycles. The molecule has 1 rings (SSSR count). The third-order valence-electron chi connectivity index (χ3n) is 2.26. The van der Waals surface area contributed by atoms with Crippen molar-refractivity contribution < 1.29 is 9.63 Å². The quantitative estimate of drug-likeness (QED) is 0.752. The number of hydroxylamine groups is 1. The smallest absolute Gasteiger partial charge is 0.275 e. The van der Waals surface area contributed by atoms with Crippen LogP contribution in [0.25, 0.3) is 0 Å². The molecule has 1 aromatic carbocycles. The summed E-state index contributed by atoms with van der Waals surface area (Å²) < 4.78 is 0. The Morgan fingerprint density at radius 1 is 1.40 bits per heavy atom. The maximum Gasteiger partial charge on any atom is 0.275 e. The van der Waals surface area contributed by atoms with E-state index in [1.165, 1.54) is 7.11 Å². The molecule has 0 atom stereocenters. The largest absolute Gasteiger partial charge is 0.277 e. The Labute approximate surface area is 90.4 Å². The number of carbonyl (C=O) groups is 1. The molecule has 1 amide bonds. The van der Waals surface area contributed by atoms with Crippen LogP contribution in [0.3, 0.4) is 0 Å². The molecule has 0 heterocycles. The van der Waals surface area contributed by atoms with Crippen molar-refractivity contribution in [3.63, 3.8) is 0 Å². The molecule has 1 N–H and O–H groups in total. The Bertz CT molecular complexity index is 323. The lowest BCUT2D eigenvalue weighted by Crippen LogP contribution is -2.23. The van der Waals surface area contributed by atoms with Crippen LogP contribution >= 0.6 is 0 Å². The number of rotatable bonds is 5. The molecule has 0 aliphatic rings. The lowest BCUT2D eigenvalue weighted by Gasteiger charge is -2.07. The number of benzene rings is 1. The van der Waals surface area contributed by atoms with Crippen LogP contribution in [0.4, 0.5) is 0 Å². The molecule has 0 unspecified atom stereocenters. The second-order valence-electron chi connectivity index (χ2n) is 3.40. The van der Waals surface area contributed by atoms with Crippen LogP contribution in [0.5, 0.6) is 0 Å². The summed E-state index contributed by atoms with van der Waals surface area (Å²) in [6.07, 6.45) is 3.15. The Morgan fingerprint density at radius 3 is 2.80 bits per heavy atom. The van der Waals surface area contributed by atoms with Gasteiger partial charge in [0.15, 0.2) is 0 Å². The number of amides is 1. The molecule has 1 aromatic rings. The Balaban J connectivity index is 2.80. The van der Waals surface area contributed by atoms with Gasteiger partial charge in [0.25, 0.3) is 5.91 Å². The van der Waals surface area contributed by atoms with E-state index in [0.717, 1.165) is 24.8 Å². The maximum absolute atomic E-state index is 11.6. The summed E-state index contributed by atoms with van der Waals surface area (Å²) in [5, 5.41) is 0. The molecule has 0 aromatic heterocycles. The third-order valence-corrected chi connectivity index (χ3v) is 2.26. The molecular formula is C12H17NO2. The van der Waals surface area contributed by atoms with Crippen molar-refractivity contribution in [3.05, 3.63) is 35.4 Å². The van der Waals surface area contributed by atoms with Crippen molar-refractivity contribution in [1.82, 2.24) is 5.48 Å². The minimum Gasteiger partial charge on any atom is -0.277 e. The maximum atomic E-state index is 11.6. The van der Waals surface area contributed by atoms with Gasteiger partial charge < -0.3 is 0 Å². The van der Waals surface area contributed by atoms with E-state index in [1.807, 2.05) is 24.3 Å². The van der Waals surface area contributed by atoms with Crippen LogP contribution in [0.2, 0.25) is 0 Å². The van der Waals surface area contributed by atoms with E-state index in [-0.39, 0.29) is 5.91 Å². The van der Waals surface area contributed by atoms with Gasteiger partial charge in [-0.2, -0.15) is 0 Å². The highest BCUT2D eigenvalue weighted by Crippen LogP contribution is 2.11. The highest BCUT2D eigenvalue weighted by molar-refractivity contribution is 5.94. The van der Waals surface area contributed by atoms with Crippen LogP contribution in [-0.2, 0) is 11.3 Å². The van der Waals surface area contributed by atoms with E-state index < -0.39 is 0 Å². The molecule has 0 aliphatic heterocycles. The van der Waals surface area contributed by atoms with Gasteiger partial charge >= 0.3 is 0 Å². The van der Waals surface area contributed by atoms with Crippen LogP contribution in [-0.4, -0.2) is 13.0 Å². The van der Waals surface area contributed by atoms with E-state index in [2.05, 4.69) is 17.2 Å². The van der Waals surface area contributed by atoms with Gasteiger partial charge in [-0.1, -0.05) is 31.5 Å².